The third-order valence-electron chi connectivity index (χ3n) is 5.91. The fourth-order valence-corrected chi connectivity index (χ4v) is 5.76. The van der Waals surface area contributed by atoms with Gasteiger partial charge in [-0.2, -0.15) is 4.57 Å². The number of nitrogens with zero attached hydrogens (tertiary/aromatic N) is 1. The highest BCUT2D eigenvalue weighted by Crippen LogP contribution is 2.35. The first-order valence-corrected chi connectivity index (χ1v) is 12.1. The van der Waals surface area contributed by atoms with Crippen molar-refractivity contribution >= 4 is 11.3 Å². The summed E-state index contributed by atoms with van der Waals surface area (Å²) in [7, 11) is 0. The Hall–Kier alpha value is -2.71. The van der Waals surface area contributed by atoms with Crippen molar-refractivity contribution in [3.63, 3.8) is 0 Å². The molecule has 0 spiro atoms. The molecular weight excluding hydrogens is 394 g/mol. The monoisotopic (exact) mass is 426 g/mol. The molecule has 0 saturated carbocycles. The molecule has 4 aromatic rings. The van der Waals surface area contributed by atoms with Crippen LogP contribution in [0, 0.1) is 27.7 Å². The average molecular weight is 427 g/mol. The van der Waals surface area contributed by atoms with Crippen LogP contribution in [0.1, 0.15) is 46.7 Å². The van der Waals surface area contributed by atoms with Crippen molar-refractivity contribution in [1.29, 1.82) is 0 Å². The van der Waals surface area contributed by atoms with Crippen molar-refractivity contribution in [3.8, 4) is 27.9 Å². The predicted molar refractivity (Wildman–Crippen MR) is 134 cm³/mol. The van der Waals surface area contributed by atoms with Crippen molar-refractivity contribution in [2.24, 2.45) is 0 Å². The Labute approximate surface area is 191 Å². The number of hydrogen-bond donors (Lipinski definition) is 0. The number of thiazole rings is 1. The summed E-state index contributed by atoms with van der Waals surface area (Å²) in [6.07, 6.45) is 2.10. The van der Waals surface area contributed by atoms with Gasteiger partial charge in [0.25, 0.3) is 0 Å². The van der Waals surface area contributed by atoms with Crippen LogP contribution in [0.25, 0.3) is 27.9 Å². The Balaban J connectivity index is 2.09. The molecule has 0 unspecified atom stereocenters. The van der Waals surface area contributed by atoms with Crippen molar-refractivity contribution in [1.82, 2.24) is 0 Å². The maximum atomic E-state index is 2.46. The lowest BCUT2D eigenvalue weighted by molar-refractivity contribution is -0.597. The summed E-state index contributed by atoms with van der Waals surface area (Å²) in [6, 6.07) is 20.5. The Kier molecular flexibility index (Phi) is 6.11. The second-order valence-electron chi connectivity index (χ2n) is 8.62. The van der Waals surface area contributed by atoms with Crippen LogP contribution in [-0.4, -0.2) is 0 Å². The molecule has 2 heteroatoms. The molecule has 0 aliphatic rings. The third-order valence-corrected chi connectivity index (χ3v) is 7.04. The average Bonchev–Trinajstić information content (AvgIpc) is 3.14. The maximum Gasteiger partial charge on any atom is 0.231 e. The number of para-hydroxylation sites is 1. The van der Waals surface area contributed by atoms with E-state index >= 15 is 0 Å². The van der Waals surface area contributed by atoms with Gasteiger partial charge in [-0.15, -0.1) is 0 Å². The van der Waals surface area contributed by atoms with E-state index in [-0.39, 0.29) is 0 Å². The first-order valence-electron chi connectivity index (χ1n) is 11.2. The van der Waals surface area contributed by atoms with E-state index in [4.69, 9.17) is 0 Å². The molecule has 158 valence electrons. The van der Waals surface area contributed by atoms with Crippen LogP contribution in [0.15, 0.2) is 60.1 Å². The highest BCUT2D eigenvalue weighted by molar-refractivity contribution is 7.09. The first kappa shape index (κ1) is 21.5. The summed E-state index contributed by atoms with van der Waals surface area (Å²) < 4.78 is 2.46. The highest BCUT2D eigenvalue weighted by atomic mass is 32.1. The van der Waals surface area contributed by atoms with E-state index in [1.165, 1.54) is 60.8 Å². The van der Waals surface area contributed by atoms with Crippen LogP contribution in [0.4, 0.5) is 0 Å². The van der Waals surface area contributed by atoms with Crippen LogP contribution in [-0.2, 0) is 12.8 Å². The van der Waals surface area contributed by atoms with E-state index in [9.17, 15) is 0 Å². The minimum Gasteiger partial charge on any atom is -0.153 e. The largest absolute Gasteiger partial charge is 0.231 e. The fourth-order valence-electron chi connectivity index (χ4n) is 4.75. The molecule has 31 heavy (non-hydrogen) atoms. The van der Waals surface area contributed by atoms with Crippen molar-refractivity contribution in [2.45, 2.75) is 54.4 Å². The molecule has 4 rings (SSSR count). The molecule has 0 atom stereocenters. The van der Waals surface area contributed by atoms with Gasteiger partial charge in [-0.1, -0.05) is 89.9 Å². The molecule has 0 amide bonds. The zero-order valence-electron chi connectivity index (χ0n) is 19.5. The SMILES string of the molecule is CCc1sc[n+](-c2c(-c3cc(C)cc(C)c3)cccc2-c2cc(C)cc(C)c2)c1CC. The zero-order chi connectivity index (χ0) is 22.1. The van der Waals surface area contributed by atoms with E-state index in [0.717, 1.165) is 12.8 Å². The van der Waals surface area contributed by atoms with E-state index in [2.05, 4.69) is 106 Å². The lowest BCUT2D eigenvalue weighted by atomic mass is 9.92. The van der Waals surface area contributed by atoms with Crippen LogP contribution in [0.5, 0.6) is 0 Å². The molecule has 0 aliphatic heterocycles. The van der Waals surface area contributed by atoms with E-state index in [1.54, 1.807) is 0 Å². The summed E-state index contributed by atoms with van der Waals surface area (Å²) in [4.78, 5) is 1.48. The summed E-state index contributed by atoms with van der Waals surface area (Å²) in [5.41, 5.74) is 15.4. The van der Waals surface area contributed by atoms with Gasteiger partial charge in [-0.25, -0.2) is 0 Å². The van der Waals surface area contributed by atoms with Crippen molar-refractivity contribution in [2.75, 3.05) is 0 Å². The number of rotatable bonds is 5. The van der Waals surface area contributed by atoms with Crippen LogP contribution in [0.2, 0.25) is 0 Å². The van der Waals surface area contributed by atoms with Gasteiger partial charge in [0, 0.05) is 6.42 Å². The van der Waals surface area contributed by atoms with Gasteiger partial charge in [-0.3, -0.25) is 0 Å². The molecule has 0 fully saturated rings. The van der Waals surface area contributed by atoms with Gasteiger partial charge in [0.2, 0.25) is 16.9 Å². The molecular formula is C29H32NS+. The van der Waals surface area contributed by atoms with Gasteiger partial charge in [0.15, 0.2) is 0 Å². The van der Waals surface area contributed by atoms with Crippen molar-refractivity contribution in [3.05, 3.63) is 92.9 Å². The third kappa shape index (κ3) is 4.22. The van der Waals surface area contributed by atoms with Gasteiger partial charge >= 0.3 is 0 Å². The molecule has 0 bridgehead atoms. The maximum absolute atomic E-state index is 2.46. The minimum atomic E-state index is 1.03. The van der Waals surface area contributed by atoms with Gasteiger partial charge in [0.05, 0.1) is 16.0 Å². The minimum absolute atomic E-state index is 1.03. The number of aromatic nitrogens is 1. The quantitative estimate of drug-likeness (QED) is 0.288. The van der Waals surface area contributed by atoms with E-state index < -0.39 is 0 Å². The van der Waals surface area contributed by atoms with E-state index in [0.29, 0.717) is 0 Å². The van der Waals surface area contributed by atoms with Crippen LogP contribution < -0.4 is 4.57 Å². The second-order valence-corrected chi connectivity index (χ2v) is 9.56. The standard InChI is InChI=1S/C29H32NS/c1-7-27-28(8-2)31-18-30(27)29-25(23-14-19(3)12-20(4)15-23)10-9-11-26(29)24-16-21(5)13-22(6)17-24/h9-18H,7-8H2,1-6H3/q+1. The molecule has 1 aromatic heterocycles. The molecule has 0 N–H and O–H groups in total. The summed E-state index contributed by atoms with van der Waals surface area (Å²) in [5, 5.41) is 0. The smallest absolute Gasteiger partial charge is 0.153 e. The van der Waals surface area contributed by atoms with Crippen LogP contribution >= 0.6 is 11.3 Å². The highest BCUT2D eigenvalue weighted by Gasteiger charge is 2.27. The number of aryl methyl sites for hydroxylation is 5. The Morgan fingerprint density at radius 1 is 0.677 bits per heavy atom. The van der Waals surface area contributed by atoms with Gasteiger partial charge in [-0.05, 0) is 57.4 Å². The topological polar surface area (TPSA) is 3.88 Å². The molecule has 1 nitrogen and oxygen atoms in total. The lowest BCUT2D eigenvalue weighted by Crippen LogP contribution is -2.34. The Morgan fingerprint density at radius 2 is 1.16 bits per heavy atom. The zero-order valence-corrected chi connectivity index (χ0v) is 20.4. The second kappa shape index (κ2) is 8.80. The summed E-state index contributed by atoms with van der Waals surface area (Å²) in [5.74, 6) is 0. The lowest BCUT2D eigenvalue weighted by Gasteiger charge is -2.13. The molecule has 1 heterocycles. The summed E-state index contributed by atoms with van der Waals surface area (Å²) in [6.45, 7) is 13.3. The molecule has 3 aromatic carbocycles. The normalized spacial score (nSPS) is 11.2. The Morgan fingerprint density at radius 3 is 1.58 bits per heavy atom. The fraction of sp³-hybridized carbons (Fsp3) is 0.276. The molecule has 0 saturated heterocycles. The number of benzene rings is 3. The first-order chi connectivity index (χ1) is 14.9. The van der Waals surface area contributed by atoms with Crippen molar-refractivity contribution < 1.29 is 4.57 Å². The predicted octanol–water partition coefficient (Wildman–Crippen LogP) is 7.72. The Bertz CT molecular complexity index is 1140. The van der Waals surface area contributed by atoms with Gasteiger partial charge in [0.1, 0.15) is 0 Å². The molecule has 0 aliphatic carbocycles. The molecule has 0 radical (unpaired) electrons. The summed E-state index contributed by atoms with van der Waals surface area (Å²) >= 11 is 1.88. The number of hydrogen-bond acceptors (Lipinski definition) is 1. The van der Waals surface area contributed by atoms with Crippen LogP contribution in [0.3, 0.4) is 0 Å². The van der Waals surface area contributed by atoms with E-state index in [1.807, 2.05) is 11.3 Å². The van der Waals surface area contributed by atoms with Gasteiger partial charge < -0.3 is 0 Å².